The predicted octanol–water partition coefficient (Wildman–Crippen LogP) is 9.15. The maximum Gasteiger partial charge on any atom is 0.249 e. The van der Waals surface area contributed by atoms with Gasteiger partial charge in [-0.3, -0.25) is 4.79 Å². The number of unbranched alkanes of at least 4 members (excludes halogenated alkanes) is 24. The Bertz CT molecular complexity index is 516. The van der Waals surface area contributed by atoms with Gasteiger partial charge in [-0.2, -0.15) is 0 Å². The third-order valence-electron chi connectivity index (χ3n) is 8.48. The zero-order chi connectivity index (χ0) is 29.5. The molecular formula is C35H71NO4. The van der Waals surface area contributed by atoms with E-state index in [9.17, 15) is 20.1 Å². The van der Waals surface area contributed by atoms with E-state index >= 15 is 0 Å². The highest BCUT2D eigenvalue weighted by molar-refractivity contribution is 5.80. The van der Waals surface area contributed by atoms with Crippen molar-refractivity contribution >= 4 is 5.91 Å². The highest BCUT2D eigenvalue weighted by Gasteiger charge is 2.23. The second kappa shape index (κ2) is 31.3. The van der Waals surface area contributed by atoms with Crippen LogP contribution in [-0.4, -0.2) is 46.1 Å². The minimum Gasteiger partial charge on any atom is -0.394 e. The van der Waals surface area contributed by atoms with Crippen molar-refractivity contribution < 1.29 is 20.1 Å². The minimum atomic E-state index is -1.06. The zero-order valence-electron chi connectivity index (χ0n) is 27.0. The zero-order valence-corrected chi connectivity index (χ0v) is 27.0. The van der Waals surface area contributed by atoms with E-state index in [0.717, 1.165) is 32.1 Å². The standard InChI is InChI=1S/C35H71NO4/c1-3-5-7-9-11-13-15-16-17-18-20-22-24-26-28-30-34(39)35(40)36-32(31-37)33(38)29-27-25-23-21-19-14-12-10-8-6-4-2/h32-34,37-39H,3-31H2,1-2H3,(H,36,40). The van der Waals surface area contributed by atoms with Gasteiger partial charge in [0.05, 0.1) is 18.8 Å². The monoisotopic (exact) mass is 570 g/mol. The van der Waals surface area contributed by atoms with E-state index < -0.39 is 24.2 Å². The van der Waals surface area contributed by atoms with Gasteiger partial charge < -0.3 is 20.6 Å². The van der Waals surface area contributed by atoms with E-state index in [2.05, 4.69) is 19.2 Å². The molecule has 5 nitrogen and oxygen atoms in total. The van der Waals surface area contributed by atoms with E-state index in [1.54, 1.807) is 0 Å². The van der Waals surface area contributed by atoms with Crippen LogP contribution in [0.25, 0.3) is 0 Å². The molecule has 0 aliphatic heterocycles. The van der Waals surface area contributed by atoms with Crippen molar-refractivity contribution in [3.63, 3.8) is 0 Å². The van der Waals surface area contributed by atoms with Crippen LogP contribution in [-0.2, 0) is 4.79 Å². The lowest BCUT2D eigenvalue weighted by Crippen LogP contribution is -2.49. The van der Waals surface area contributed by atoms with Gasteiger partial charge in [-0.15, -0.1) is 0 Å². The van der Waals surface area contributed by atoms with Crippen molar-refractivity contribution in [2.24, 2.45) is 0 Å². The molecule has 0 heterocycles. The van der Waals surface area contributed by atoms with Crippen LogP contribution < -0.4 is 5.32 Å². The lowest BCUT2D eigenvalue weighted by Gasteiger charge is -2.23. The summed E-state index contributed by atoms with van der Waals surface area (Å²) in [5.74, 6) is -0.470. The molecule has 0 aliphatic rings. The Balaban J connectivity index is 3.66. The van der Waals surface area contributed by atoms with Crippen molar-refractivity contribution in [1.29, 1.82) is 0 Å². The first-order valence-corrected chi connectivity index (χ1v) is 17.8. The van der Waals surface area contributed by atoms with Crippen molar-refractivity contribution in [2.75, 3.05) is 6.61 Å². The number of hydrogen-bond acceptors (Lipinski definition) is 4. The number of nitrogens with one attached hydrogen (secondary N) is 1. The molecule has 0 saturated heterocycles. The quantitative estimate of drug-likeness (QED) is 0.0608. The number of carbonyl (C=O) groups excluding carboxylic acids is 1. The summed E-state index contributed by atoms with van der Waals surface area (Å²) in [6.07, 6.45) is 32.2. The number of hydrogen-bond donors (Lipinski definition) is 4. The van der Waals surface area contributed by atoms with Gasteiger partial charge >= 0.3 is 0 Å². The Morgan fingerprint density at radius 3 is 1.12 bits per heavy atom. The van der Waals surface area contributed by atoms with Crippen LogP contribution in [0.5, 0.6) is 0 Å². The fourth-order valence-corrected chi connectivity index (χ4v) is 5.60. The maximum atomic E-state index is 12.4. The molecule has 3 atom stereocenters. The summed E-state index contributed by atoms with van der Waals surface area (Å²) in [6, 6.07) is -0.702. The van der Waals surface area contributed by atoms with Crippen molar-refractivity contribution in [1.82, 2.24) is 5.32 Å². The first-order valence-electron chi connectivity index (χ1n) is 17.8. The Kier molecular flexibility index (Phi) is 30.8. The van der Waals surface area contributed by atoms with Crippen LogP contribution in [0, 0.1) is 0 Å². The number of amides is 1. The molecule has 0 aromatic heterocycles. The van der Waals surface area contributed by atoms with Crippen molar-refractivity contribution in [2.45, 2.75) is 212 Å². The molecule has 1 amide bonds. The lowest BCUT2D eigenvalue weighted by molar-refractivity contribution is -0.131. The Morgan fingerprint density at radius 1 is 0.500 bits per heavy atom. The molecule has 0 aromatic carbocycles. The van der Waals surface area contributed by atoms with Gasteiger partial charge in [0.25, 0.3) is 0 Å². The number of rotatable bonds is 32. The van der Waals surface area contributed by atoms with Gasteiger partial charge in [0.15, 0.2) is 0 Å². The fourth-order valence-electron chi connectivity index (χ4n) is 5.60. The van der Waals surface area contributed by atoms with Gasteiger partial charge in [0.1, 0.15) is 6.10 Å². The molecule has 4 N–H and O–H groups in total. The molecule has 0 rings (SSSR count). The van der Waals surface area contributed by atoms with Crippen LogP contribution in [0.4, 0.5) is 0 Å². The van der Waals surface area contributed by atoms with Crippen molar-refractivity contribution in [3.8, 4) is 0 Å². The summed E-state index contributed by atoms with van der Waals surface area (Å²) < 4.78 is 0. The Hall–Kier alpha value is -0.650. The van der Waals surface area contributed by atoms with Crippen molar-refractivity contribution in [3.05, 3.63) is 0 Å². The molecule has 0 bridgehead atoms. The van der Waals surface area contributed by atoms with E-state index in [0.29, 0.717) is 12.8 Å². The SMILES string of the molecule is CCCCCCCCCCCCCCCCCC(O)C(=O)NC(CO)C(O)CCCCCCCCCCCCC. The highest BCUT2D eigenvalue weighted by Crippen LogP contribution is 2.15. The first-order chi connectivity index (χ1) is 19.6. The summed E-state index contributed by atoms with van der Waals surface area (Å²) in [5.41, 5.74) is 0. The van der Waals surface area contributed by atoms with Gasteiger partial charge in [0, 0.05) is 0 Å². The van der Waals surface area contributed by atoms with E-state index in [4.69, 9.17) is 0 Å². The molecule has 0 fully saturated rings. The Labute approximate surface area is 249 Å². The molecule has 0 aromatic rings. The normalized spacial score (nSPS) is 13.8. The molecule has 240 valence electrons. The molecule has 0 radical (unpaired) electrons. The predicted molar refractivity (Wildman–Crippen MR) is 172 cm³/mol. The van der Waals surface area contributed by atoms with Crippen LogP contribution in [0.1, 0.15) is 194 Å². The van der Waals surface area contributed by atoms with Gasteiger partial charge in [0.2, 0.25) is 5.91 Å². The largest absolute Gasteiger partial charge is 0.394 e. The maximum absolute atomic E-state index is 12.4. The molecular weight excluding hydrogens is 498 g/mol. The lowest BCUT2D eigenvalue weighted by atomic mass is 10.0. The van der Waals surface area contributed by atoms with Crippen LogP contribution >= 0.6 is 0 Å². The second-order valence-electron chi connectivity index (χ2n) is 12.4. The summed E-state index contributed by atoms with van der Waals surface area (Å²) in [5, 5.41) is 33.0. The van der Waals surface area contributed by atoms with Gasteiger partial charge in [-0.05, 0) is 12.8 Å². The molecule has 40 heavy (non-hydrogen) atoms. The second-order valence-corrected chi connectivity index (χ2v) is 12.4. The van der Waals surface area contributed by atoms with E-state index in [1.165, 1.54) is 135 Å². The average molecular weight is 570 g/mol. The molecule has 0 aliphatic carbocycles. The average Bonchev–Trinajstić information content (AvgIpc) is 2.96. The van der Waals surface area contributed by atoms with Crippen LogP contribution in [0.3, 0.4) is 0 Å². The third kappa shape index (κ3) is 26.3. The van der Waals surface area contributed by atoms with Gasteiger partial charge in [-0.25, -0.2) is 0 Å². The van der Waals surface area contributed by atoms with E-state index in [-0.39, 0.29) is 6.61 Å². The Morgan fingerprint density at radius 2 is 0.800 bits per heavy atom. The smallest absolute Gasteiger partial charge is 0.249 e. The summed E-state index contributed by atoms with van der Waals surface area (Å²) in [4.78, 5) is 12.4. The fraction of sp³-hybridized carbons (Fsp3) is 0.971. The highest BCUT2D eigenvalue weighted by atomic mass is 16.3. The summed E-state index contributed by atoms with van der Waals surface area (Å²) >= 11 is 0. The number of carbonyl (C=O) groups is 1. The minimum absolute atomic E-state index is 0.309. The molecule has 0 spiro atoms. The van der Waals surface area contributed by atoms with Crippen LogP contribution in [0.2, 0.25) is 0 Å². The molecule has 3 unspecified atom stereocenters. The van der Waals surface area contributed by atoms with E-state index in [1.807, 2.05) is 0 Å². The number of aliphatic hydroxyl groups is 3. The number of aliphatic hydroxyl groups excluding tert-OH is 3. The summed E-state index contributed by atoms with van der Waals surface area (Å²) in [6.45, 7) is 4.21. The van der Waals surface area contributed by atoms with Gasteiger partial charge in [-0.1, -0.05) is 181 Å². The molecule has 0 saturated carbocycles. The third-order valence-corrected chi connectivity index (χ3v) is 8.48. The van der Waals surface area contributed by atoms with Crippen LogP contribution in [0.15, 0.2) is 0 Å². The first kappa shape index (κ1) is 39.4. The topological polar surface area (TPSA) is 89.8 Å². The summed E-state index contributed by atoms with van der Waals surface area (Å²) in [7, 11) is 0. The molecule has 5 heteroatoms.